The Bertz CT molecular complexity index is 807. The van der Waals surface area contributed by atoms with E-state index in [9.17, 15) is 9.59 Å². The Morgan fingerprint density at radius 2 is 1.77 bits per heavy atom. The summed E-state index contributed by atoms with van der Waals surface area (Å²) < 4.78 is 1.94. The third-order valence-electron chi connectivity index (χ3n) is 5.26. The van der Waals surface area contributed by atoms with Gasteiger partial charge in [-0.15, -0.1) is 0 Å². The highest BCUT2D eigenvalue weighted by Crippen LogP contribution is 2.23. The summed E-state index contributed by atoms with van der Waals surface area (Å²) in [6.45, 7) is 0.744. The SMILES string of the molecule is O=C(Nc1ccccc1)c1nc(C(=O)NC2CCCC2)n2c1CCCC2. The first-order chi connectivity index (χ1) is 12.7. The lowest BCUT2D eigenvalue weighted by Crippen LogP contribution is -2.35. The van der Waals surface area contributed by atoms with Gasteiger partial charge in [-0.05, 0) is 44.2 Å². The van der Waals surface area contributed by atoms with E-state index in [-0.39, 0.29) is 17.9 Å². The molecule has 136 valence electrons. The maximum absolute atomic E-state index is 12.7. The van der Waals surface area contributed by atoms with Crippen LogP contribution in [0.4, 0.5) is 5.69 Å². The normalized spacial score (nSPS) is 16.9. The highest BCUT2D eigenvalue weighted by molar-refractivity contribution is 6.05. The van der Waals surface area contributed by atoms with Crippen LogP contribution >= 0.6 is 0 Å². The van der Waals surface area contributed by atoms with E-state index in [1.807, 2.05) is 34.9 Å². The lowest BCUT2D eigenvalue weighted by molar-refractivity contribution is 0.0921. The van der Waals surface area contributed by atoms with Crippen LogP contribution in [0.2, 0.25) is 0 Å². The molecule has 1 aromatic heterocycles. The van der Waals surface area contributed by atoms with Crippen molar-refractivity contribution in [2.45, 2.75) is 57.5 Å². The minimum absolute atomic E-state index is 0.154. The van der Waals surface area contributed by atoms with Crippen molar-refractivity contribution < 1.29 is 9.59 Å². The zero-order valence-electron chi connectivity index (χ0n) is 14.8. The molecule has 2 N–H and O–H groups in total. The lowest BCUT2D eigenvalue weighted by atomic mass is 10.1. The second-order valence-electron chi connectivity index (χ2n) is 7.11. The van der Waals surface area contributed by atoms with Gasteiger partial charge in [0.05, 0.1) is 5.69 Å². The Labute approximate surface area is 153 Å². The Morgan fingerprint density at radius 3 is 2.54 bits per heavy atom. The molecule has 1 aromatic carbocycles. The van der Waals surface area contributed by atoms with E-state index in [0.717, 1.165) is 62.9 Å². The Hall–Kier alpha value is -2.63. The predicted octanol–water partition coefficient (Wildman–Crippen LogP) is 3.14. The summed E-state index contributed by atoms with van der Waals surface area (Å²) in [5, 5.41) is 5.98. The van der Waals surface area contributed by atoms with Gasteiger partial charge in [-0.3, -0.25) is 9.59 Å². The first-order valence-corrected chi connectivity index (χ1v) is 9.49. The molecule has 1 saturated carbocycles. The van der Waals surface area contributed by atoms with Gasteiger partial charge in [0.25, 0.3) is 11.8 Å². The number of fused-ring (bicyclic) bond motifs is 1. The molecular formula is C20H24N4O2. The maximum atomic E-state index is 12.7. The number of hydrogen-bond donors (Lipinski definition) is 2. The molecule has 6 nitrogen and oxygen atoms in total. The Kier molecular flexibility index (Phi) is 4.73. The molecule has 2 amide bonds. The molecule has 4 rings (SSSR count). The average molecular weight is 352 g/mol. The summed E-state index contributed by atoms with van der Waals surface area (Å²) in [5.41, 5.74) is 1.98. The van der Waals surface area contributed by atoms with Gasteiger partial charge >= 0.3 is 0 Å². The van der Waals surface area contributed by atoms with Crippen LogP contribution in [0, 0.1) is 0 Å². The van der Waals surface area contributed by atoms with Crippen LogP contribution in [0.5, 0.6) is 0 Å². The standard InChI is InChI=1S/C20H24N4O2/c25-19(21-14-8-2-1-3-9-14)17-16-12-6-7-13-24(16)18(23-17)20(26)22-15-10-4-5-11-15/h1-3,8-9,15H,4-7,10-13H2,(H,21,25)(H,22,26). The van der Waals surface area contributed by atoms with Crippen molar-refractivity contribution in [3.63, 3.8) is 0 Å². The summed E-state index contributed by atoms with van der Waals surface area (Å²) in [7, 11) is 0. The first-order valence-electron chi connectivity index (χ1n) is 9.49. The van der Waals surface area contributed by atoms with E-state index in [2.05, 4.69) is 15.6 Å². The second kappa shape index (κ2) is 7.32. The molecule has 26 heavy (non-hydrogen) atoms. The van der Waals surface area contributed by atoms with Gasteiger partial charge in [-0.2, -0.15) is 0 Å². The molecule has 0 atom stereocenters. The van der Waals surface area contributed by atoms with Crippen LogP contribution in [-0.4, -0.2) is 27.4 Å². The molecule has 1 fully saturated rings. The molecule has 0 radical (unpaired) electrons. The summed E-state index contributed by atoms with van der Waals surface area (Å²) in [6.07, 6.45) is 7.18. The van der Waals surface area contributed by atoms with E-state index >= 15 is 0 Å². The zero-order chi connectivity index (χ0) is 17.9. The Morgan fingerprint density at radius 1 is 1.00 bits per heavy atom. The fourth-order valence-corrected chi connectivity index (χ4v) is 3.93. The predicted molar refractivity (Wildman–Crippen MR) is 99.3 cm³/mol. The largest absolute Gasteiger partial charge is 0.347 e. The topological polar surface area (TPSA) is 76.0 Å². The van der Waals surface area contributed by atoms with E-state index in [1.54, 1.807) is 0 Å². The number of anilines is 1. The highest BCUT2D eigenvalue weighted by Gasteiger charge is 2.29. The van der Waals surface area contributed by atoms with Gasteiger partial charge in [0.2, 0.25) is 0 Å². The molecule has 0 spiro atoms. The van der Waals surface area contributed by atoms with Gasteiger partial charge in [-0.25, -0.2) is 4.98 Å². The minimum Gasteiger partial charge on any atom is -0.347 e. The smallest absolute Gasteiger partial charge is 0.287 e. The van der Waals surface area contributed by atoms with Crippen molar-refractivity contribution in [3.8, 4) is 0 Å². The van der Waals surface area contributed by atoms with Gasteiger partial charge in [0, 0.05) is 18.3 Å². The van der Waals surface area contributed by atoms with Crippen molar-refractivity contribution in [1.29, 1.82) is 0 Å². The fraction of sp³-hybridized carbons (Fsp3) is 0.450. The van der Waals surface area contributed by atoms with E-state index in [4.69, 9.17) is 0 Å². The van der Waals surface area contributed by atoms with Gasteiger partial charge in [-0.1, -0.05) is 31.0 Å². The third kappa shape index (κ3) is 3.36. The first kappa shape index (κ1) is 16.8. The van der Waals surface area contributed by atoms with Crippen LogP contribution in [0.3, 0.4) is 0 Å². The molecule has 1 aliphatic heterocycles. The molecule has 2 aliphatic rings. The number of carbonyl (C=O) groups is 2. The number of rotatable bonds is 4. The monoisotopic (exact) mass is 352 g/mol. The quantitative estimate of drug-likeness (QED) is 0.887. The van der Waals surface area contributed by atoms with Crippen LogP contribution in [0.1, 0.15) is 65.3 Å². The summed E-state index contributed by atoms with van der Waals surface area (Å²) >= 11 is 0. The summed E-state index contributed by atoms with van der Waals surface area (Å²) in [5.74, 6) is -0.0228. The fourth-order valence-electron chi connectivity index (χ4n) is 3.93. The number of aromatic nitrogens is 2. The van der Waals surface area contributed by atoms with Crippen molar-refractivity contribution in [3.05, 3.63) is 47.5 Å². The number of para-hydroxylation sites is 1. The van der Waals surface area contributed by atoms with E-state index < -0.39 is 0 Å². The Balaban J connectivity index is 1.59. The van der Waals surface area contributed by atoms with E-state index in [1.165, 1.54) is 0 Å². The van der Waals surface area contributed by atoms with Gasteiger partial charge in [0.15, 0.2) is 11.5 Å². The molecule has 1 aliphatic carbocycles. The van der Waals surface area contributed by atoms with Crippen LogP contribution in [0.15, 0.2) is 30.3 Å². The number of imidazole rings is 1. The van der Waals surface area contributed by atoms with E-state index in [0.29, 0.717) is 11.5 Å². The second-order valence-corrected chi connectivity index (χ2v) is 7.11. The maximum Gasteiger partial charge on any atom is 0.287 e. The number of amides is 2. The lowest BCUT2D eigenvalue weighted by Gasteiger charge is -2.18. The number of carbonyl (C=O) groups excluding carboxylic acids is 2. The van der Waals surface area contributed by atoms with Crippen LogP contribution < -0.4 is 10.6 Å². The molecule has 6 heteroatoms. The van der Waals surface area contributed by atoms with Crippen LogP contribution in [0.25, 0.3) is 0 Å². The summed E-state index contributed by atoms with van der Waals surface area (Å²) in [6, 6.07) is 9.57. The van der Waals surface area contributed by atoms with Crippen molar-refractivity contribution in [2.75, 3.05) is 5.32 Å². The molecule has 0 bridgehead atoms. The van der Waals surface area contributed by atoms with Gasteiger partial charge in [0.1, 0.15) is 0 Å². The van der Waals surface area contributed by atoms with Crippen molar-refractivity contribution in [1.82, 2.24) is 14.9 Å². The van der Waals surface area contributed by atoms with Gasteiger partial charge < -0.3 is 15.2 Å². The molecule has 2 aromatic rings. The van der Waals surface area contributed by atoms with Crippen molar-refractivity contribution >= 4 is 17.5 Å². The molecule has 2 heterocycles. The number of nitrogens with zero attached hydrogens (tertiary/aromatic N) is 2. The van der Waals surface area contributed by atoms with Crippen LogP contribution in [-0.2, 0) is 13.0 Å². The number of nitrogens with one attached hydrogen (secondary N) is 2. The molecular weight excluding hydrogens is 328 g/mol. The van der Waals surface area contributed by atoms with Crippen molar-refractivity contribution in [2.24, 2.45) is 0 Å². The third-order valence-corrected chi connectivity index (χ3v) is 5.26. The number of hydrogen-bond acceptors (Lipinski definition) is 3. The highest BCUT2D eigenvalue weighted by atomic mass is 16.2. The average Bonchev–Trinajstić information content (AvgIpc) is 3.30. The zero-order valence-corrected chi connectivity index (χ0v) is 14.8. The molecule has 0 unspecified atom stereocenters. The molecule has 0 saturated heterocycles. The summed E-state index contributed by atoms with van der Waals surface area (Å²) in [4.78, 5) is 30.0. The minimum atomic E-state index is -0.248. The number of benzene rings is 1.